The zero-order valence-electron chi connectivity index (χ0n) is 12.5. The summed E-state index contributed by atoms with van der Waals surface area (Å²) in [5, 5.41) is 0. The fraction of sp³-hybridized carbons (Fsp3) is 0.562. The van der Waals surface area contributed by atoms with Gasteiger partial charge in [-0.25, -0.2) is 4.79 Å². The van der Waals surface area contributed by atoms with Gasteiger partial charge in [0.25, 0.3) is 5.79 Å². The van der Waals surface area contributed by atoms with Crippen molar-refractivity contribution >= 4 is 17.7 Å². The monoisotopic (exact) mass is 310 g/mol. The van der Waals surface area contributed by atoms with E-state index in [-0.39, 0.29) is 0 Å². The van der Waals surface area contributed by atoms with E-state index in [9.17, 15) is 4.79 Å². The average Bonchev–Trinajstić information content (AvgIpc) is 2.53. The SMILES string of the molecule is COC(=O)C1(C)OCC(CCCSc2ccccc2)CO1. The van der Waals surface area contributed by atoms with Gasteiger partial charge in [-0.05, 0) is 30.7 Å². The van der Waals surface area contributed by atoms with Crippen molar-refractivity contribution in [3.8, 4) is 0 Å². The molecule has 0 atom stereocenters. The molecule has 4 nitrogen and oxygen atoms in total. The Labute approximate surface area is 130 Å². The molecule has 0 aromatic heterocycles. The first kappa shape index (κ1) is 16.3. The number of ether oxygens (including phenoxy) is 3. The lowest BCUT2D eigenvalue weighted by Gasteiger charge is -2.35. The maximum atomic E-state index is 11.5. The van der Waals surface area contributed by atoms with Crippen LogP contribution in [0.3, 0.4) is 0 Å². The summed E-state index contributed by atoms with van der Waals surface area (Å²) in [7, 11) is 1.34. The largest absolute Gasteiger partial charge is 0.465 e. The second-order valence-corrected chi connectivity index (χ2v) is 6.40. The molecule has 0 aliphatic carbocycles. The predicted molar refractivity (Wildman–Crippen MR) is 82.2 cm³/mol. The van der Waals surface area contributed by atoms with Crippen LogP contribution in [0.4, 0.5) is 0 Å². The van der Waals surface area contributed by atoms with Crippen LogP contribution in [0.1, 0.15) is 19.8 Å². The molecule has 5 heteroatoms. The maximum Gasteiger partial charge on any atom is 0.366 e. The minimum absolute atomic E-state index is 0.346. The lowest BCUT2D eigenvalue weighted by Crippen LogP contribution is -2.48. The lowest BCUT2D eigenvalue weighted by atomic mass is 10.0. The third-order valence-electron chi connectivity index (χ3n) is 3.51. The van der Waals surface area contributed by atoms with Gasteiger partial charge in [0.2, 0.25) is 0 Å². The molecule has 21 heavy (non-hydrogen) atoms. The number of benzene rings is 1. The molecule has 0 unspecified atom stereocenters. The Morgan fingerprint density at radius 1 is 1.33 bits per heavy atom. The minimum Gasteiger partial charge on any atom is -0.465 e. The van der Waals surface area contributed by atoms with Crippen LogP contribution in [-0.2, 0) is 19.0 Å². The van der Waals surface area contributed by atoms with Crippen molar-refractivity contribution < 1.29 is 19.0 Å². The number of carbonyl (C=O) groups excluding carboxylic acids is 1. The number of esters is 1. The molecule has 1 aliphatic rings. The van der Waals surface area contributed by atoms with Crippen LogP contribution in [0.2, 0.25) is 0 Å². The van der Waals surface area contributed by atoms with Crippen LogP contribution < -0.4 is 0 Å². The van der Waals surface area contributed by atoms with Gasteiger partial charge in [0.1, 0.15) is 0 Å². The highest BCUT2D eigenvalue weighted by Crippen LogP contribution is 2.26. The van der Waals surface area contributed by atoms with Crippen LogP contribution in [0.25, 0.3) is 0 Å². The number of hydrogen-bond acceptors (Lipinski definition) is 5. The molecule has 0 radical (unpaired) electrons. The van der Waals surface area contributed by atoms with Gasteiger partial charge in [0, 0.05) is 17.7 Å². The van der Waals surface area contributed by atoms with Crippen molar-refractivity contribution in [1.29, 1.82) is 0 Å². The zero-order valence-corrected chi connectivity index (χ0v) is 13.4. The maximum absolute atomic E-state index is 11.5. The Bertz CT molecular complexity index is 441. The van der Waals surface area contributed by atoms with Crippen LogP contribution in [-0.4, -0.2) is 37.8 Å². The molecule has 0 bridgehead atoms. The van der Waals surface area contributed by atoms with E-state index in [1.54, 1.807) is 6.92 Å². The van der Waals surface area contributed by atoms with E-state index >= 15 is 0 Å². The summed E-state index contributed by atoms with van der Waals surface area (Å²) in [4.78, 5) is 12.8. The molecule has 2 rings (SSSR count). The molecule has 0 spiro atoms. The van der Waals surface area contributed by atoms with Crippen molar-refractivity contribution in [2.75, 3.05) is 26.1 Å². The highest BCUT2D eigenvalue weighted by Gasteiger charge is 2.41. The Hall–Kier alpha value is -1.04. The molecule has 1 aromatic rings. The molecule has 1 aromatic carbocycles. The Balaban J connectivity index is 1.64. The van der Waals surface area contributed by atoms with Gasteiger partial charge in [0.05, 0.1) is 20.3 Å². The Morgan fingerprint density at radius 2 is 2.00 bits per heavy atom. The van der Waals surface area contributed by atoms with Crippen molar-refractivity contribution in [3.05, 3.63) is 30.3 Å². The van der Waals surface area contributed by atoms with Crippen molar-refractivity contribution in [2.24, 2.45) is 5.92 Å². The van der Waals surface area contributed by atoms with E-state index < -0.39 is 11.8 Å². The number of methoxy groups -OCH3 is 1. The van der Waals surface area contributed by atoms with Gasteiger partial charge in [-0.1, -0.05) is 18.2 Å². The first-order chi connectivity index (χ1) is 10.1. The normalized spacial score (nSPS) is 25.5. The lowest BCUT2D eigenvalue weighted by molar-refractivity contribution is -0.272. The molecule has 1 saturated heterocycles. The summed E-state index contributed by atoms with van der Waals surface area (Å²) in [6.45, 7) is 2.70. The average molecular weight is 310 g/mol. The van der Waals surface area contributed by atoms with Crippen molar-refractivity contribution in [2.45, 2.75) is 30.4 Å². The fourth-order valence-electron chi connectivity index (χ4n) is 2.19. The summed E-state index contributed by atoms with van der Waals surface area (Å²) in [6, 6.07) is 10.4. The molecule has 0 amide bonds. The highest BCUT2D eigenvalue weighted by atomic mass is 32.2. The topological polar surface area (TPSA) is 44.8 Å². The van der Waals surface area contributed by atoms with Gasteiger partial charge in [-0.3, -0.25) is 0 Å². The number of hydrogen-bond donors (Lipinski definition) is 0. The Morgan fingerprint density at radius 3 is 2.62 bits per heavy atom. The Kier molecular flexibility index (Phi) is 6.08. The highest BCUT2D eigenvalue weighted by molar-refractivity contribution is 7.99. The first-order valence-electron chi connectivity index (χ1n) is 7.18. The summed E-state index contributed by atoms with van der Waals surface area (Å²) in [5.74, 6) is -0.279. The third kappa shape index (κ3) is 4.73. The fourth-order valence-corrected chi connectivity index (χ4v) is 3.09. The molecule has 0 N–H and O–H groups in total. The van der Waals surface area contributed by atoms with Gasteiger partial charge >= 0.3 is 5.97 Å². The summed E-state index contributed by atoms with van der Waals surface area (Å²) in [6.07, 6.45) is 2.14. The summed E-state index contributed by atoms with van der Waals surface area (Å²) in [5.41, 5.74) is 0. The first-order valence-corrected chi connectivity index (χ1v) is 8.17. The second kappa shape index (κ2) is 7.82. The number of carbonyl (C=O) groups is 1. The van der Waals surface area contributed by atoms with Gasteiger partial charge in [-0.2, -0.15) is 0 Å². The van der Waals surface area contributed by atoms with Crippen LogP contribution in [0.15, 0.2) is 35.2 Å². The molecule has 1 aliphatic heterocycles. The zero-order chi connectivity index (χ0) is 15.1. The van der Waals surface area contributed by atoms with E-state index in [1.165, 1.54) is 12.0 Å². The van der Waals surface area contributed by atoms with Crippen LogP contribution in [0, 0.1) is 5.92 Å². The third-order valence-corrected chi connectivity index (χ3v) is 4.61. The van der Waals surface area contributed by atoms with E-state index in [4.69, 9.17) is 9.47 Å². The van der Waals surface area contributed by atoms with E-state index in [0.29, 0.717) is 19.1 Å². The summed E-state index contributed by atoms with van der Waals surface area (Å²) < 4.78 is 15.8. The molecule has 0 saturated carbocycles. The number of rotatable bonds is 6. The second-order valence-electron chi connectivity index (χ2n) is 5.23. The minimum atomic E-state index is -1.23. The van der Waals surface area contributed by atoms with E-state index in [0.717, 1.165) is 18.6 Å². The summed E-state index contributed by atoms with van der Waals surface area (Å²) >= 11 is 1.86. The molecule has 1 fully saturated rings. The number of thioether (sulfide) groups is 1. The smallest absolute Gasteiger partial charge is 0.366 e. The van der Waals surface area contributed by atoms with Gasteiger partial charge < -0.3 is 14.2 Å². The van der Waals surface area contributed by atoms with Crippen molar-refractivity contribution in [1.82, 2.24) is 0 Å². The quantitative estimate of drug-likeness (QED) is 0.459. The van der Waals surface area contributed by atoms with Crippen LogP contribution in [0.5, 0.6) is 0 Å². The van der Waals surface area contributed by atoms with E-state index in [2.05, 4.69) is 29.0 Å². The molecule has 116 valence electrons. The molecular weight excluding hydrogens is 288 g/mol. The van der Waals surface area contributed by atoms with Crippen molar-refractivity contribution in [3.63, 3.8) is 0 Å². The predicted octanol–water partition coefficient (Wildman–Crippen LogP) is 3.11. The standard InChI is InChI=1S/C16H22O4S/c1-16(15(17)18-2)19-11-13(12-20-16)7-6-10-21-14-8-4-3-5-9-14/h3-5,8-9,13H,6-7,10-12H2,1-2H3. The van der Waals surface area contributed by atoms with Gasteiger partial charge in [0.15, 0.2) is 0 Å². The van der Waals surface area contributed by atoms with E-state index in [1.807, 2.05) is 17.8 Å². The molecule has 1 heterocycles. The molecular formula is C16H22O4S. The van der Waals surface area contributed by atoms with Gasteiger partial charge in [-0.15, -0.1) is 11.8 Å². The van der Waals surface area contributed by atoms with Crippen LogP contribution >= 0.6 is 11.8 Å².